The maximum atomic E-state index is 4.34. The molecule has 1 heterocycles. The van der Waals surface area contributed by atoms with E-state index in [9.17, 15) is 0 Å². The fourth-order valence-corrected chi connectivity index (χ4v) is 2.21. The molecule has 1 aliphatic carbocycles. The van der Waals surface area contributed by atoms with Crippen LogP contribution in [0.4, 0.5) is 5.82 Å². The Hall–Kier alpha value is -0.990. The molecule has 1 aromatic rings. The molecule has 1 aromatic heterocycles. The second kappa shape index (κ2) is 4.03. The predicted octanol–water partition coefficient (Wildman–Crippen LogP) is 2.41. The molecular formula is C11H19N3. The third-order valence-corrected chi connectivity index (χ3v) is 3.16. The lowest BCUT2D eigenvalue weighted by Crippen LogP contribution is -2.30. The Labute approximate surface area is 85.5 Å². The van der Waals surface area contributed by atoms with E-state index in [4.69, 9.17) is 0 Å². The number of nitrogens with one attached hydrogen (secondary N) is 1. The zero-order valence-electron chi connectivity index (χ0n) is 9.03. The van der Waals surface area contributed by atoms with Crippen molar-refractivity contribution in [2.45, 2.75) is 38.6 Å². The Balaban J connectivity index is 1.95. The number of nitrogens with zero attached hydrogens (tertiary/aromatic N) is 2. The van der Waals surface area contributed by atoms with E-state index in [0.717, 1.165) is 11.7 Å². The first-order chi connectivity index (χ1) is 6.75. The van der Waals surface area contributed by atoms with Gasteiger partial charge in [-0.3, -0.25) is 4.68 Å². The van der Waals surface area contributed by atoms with Gasteiger partial charge in [-0.1, -0.05) is 19.8 Å². The van der Waals surface area contributed by atoms with Crippen molar-refractivity contribution >= 4 is 5.82 Å². The van der Waals surface area contributed by atoms with Crippen molar-refractivity contribution in [1.82, 2.24) is 9.78 Å². The minimum atomic E-state index is 0.624. The molecule has 1 fully saturated rings. The first-order valence-corrected chi connectivity index (χ1v) is 5.52. The molecule has 3 heteroatoms. The third kappa shape index (κ3) is 2.08. The van der Waals surface area contributed by atoms with Crippen molar-refractivity contribution in [3.8, 4) is 0 Å². The first kappa shape index (κ1) is 9.56. The number of hydrogen-bond acceptors (Lipinski definition) is 2. The minimum Gasteiger partial charge on any atom is -0.366 e. The summed E-state index contributed by atoms with van der Waals surface area (Å²) in [7, 11) is 1.95. The molecule has 0 unspecified atom stereocenters. The predicted molar refractivity (Wildman–Crippen MR) is 58.3 cm³/mol. The van der Waals surface area contributed by atoms with Gasteiger partial charge in [0.1, 0.15) is 5.82 Å². The molecule has 0 aromatic carbocycles. The van der Waals surface area contributed by atoms with Gasteiger partial charge in [-0.05, 0) is 18.8 Å². The van der Waals surface area contributed by atoms with Gasteiger partial charge < -0.3 is 5.32 Å². The van der Waals surface area contributed by atoms with Gasteiger partial charge in [0.05, 0.1) is 0 Å². The summed E-state index contributed by atoms with van der Waals surface area (Å²) in [6, 6.07) is 2.67. The lowest BCUT2D eigenvalue weighted by atomic mass is 9.86. The average molecular weight is 193 g/mol. The van der Waals surface area contributed by atoms with E-state index in [-0.39, 0.29) is 0 Å². The fraction of sp³-hybridized carbons (Fsp3) is 0.727. The topological polar surface area (TPSA) is 29.9 Å². The van der Waals surface area contributed by atoms with Crippen molar-refractivity contribution in [1.29, 1.82) is 0 Å². The highest BCUT2D eigenvalue weighted by molar-refractivity contribution is 5.33. The van der Waals surface area contributed by atoms with Gasteiger partial charge in [0, 0.05) is 25.4 Å². The fourth-order valence-electron chi connectivity index (χ4n) is 2.21. The van der Waals surface area contributed by atoms with Crippen LogP contribution in [0, 0.1) is 5.92 Å². The maximum Gasteiger partial charge on any atom is 0.148 e. The van der Waals surface area contributed by atoms with Crippen LogP contribution in [0.3, 0.4) is 0 Å². The Morgan fingerprint density at radius 3 is 2.86 bits per heavy atom. The Bertz CT molecular complexity index is 292. The summed E-state index contributed by atoms with van der Waals surface area (Å²) in [5, 5.41) is 7.86. The molecular weight excluding hydrogens is 174 g/mol. The summed E-state index contributed by atoms with van der Waals surface area (Å²) >= 11 is 0. The van der Waals surface area contributed by atoms with E-state index in [0.29, 0.717) is 6.04 Å². The smallest absolute Gasteiger partial charge is 0.148 e. The van der Waals surface area contributed by atoms with Gasteiger partial charge in [0.15, 0.2) is 0 Å². The maximum absolute atomic E-state index is 4.34. The van der Waals surface area contributed by atoms with Gasteiger partial charge in [-0.2, -0.15) is 5.10 Å². The highest BCUT2D eigenvalue weighted by Crippen LogP contribution is 2.26. The van der Waals surface area contributed by atoms with Gasteiger partial charge in [-0.25, -0.2) is 0 Å². The standard InChI is InChI=1S/C11H19N3/c1-9-5-3-4-6-10(9)12-11-7-8-14(2)13-11/h7-10H,3-6H2,1-2H3,(H,12,13)/t9-,10-/m0/s1. The molecule has 0 spiro atoms. The Kier molecular flexibility index (Phi) is 2.75. The van der Waals surface area contributed by atoms with Crippen LogP contribution in [0.2, 0.25) is 0 Å². The quantitative estimate of drug-likeness (QED) is 0.781. The van der Waals surface area contributed by atoms with Crippen molar-refractivity contribution in [3.05, 3.63) is 12.3 Å². The summed E-state index contributed by atoms with van der Waals surface area (Å²) in [4.78, 5) is 0. The van der Waals surface area contributed by atoms with Gasteiger partial charge in [0.2, 0.25) is 0 Å². The van der Waals surface area contributed by atoms with Crippen molar-refractivity contribution in [3.63, 3.8) is 0 Å². The van der Waals surface area contributed by atoms with Crippen molar-refractivity contribution < 1.29 is 0 Å². The van der Waals surface area contributed by atoms with Crippen LogP contribution in [-0.4, -0.2) is 15.8 Å². The summed E-state index contributed by atoms with van der Waals surface area (Å²) < 4.78 is 1.84. The van der Waals surface area contributed by atoms with Crippen LogP contribution in [0.15, 0.2) is 12.3 Å². The second-order valence-corrected chi connectivity index (χ2v) is 4.39. The summed E-state index contributed by atoms with van der Waals surface area (Å²) in [5.41, 5.74) is 0. The van der Waals surface area contributed by atoms with Gasteiger partial charge in [0.25, 0.3) is 0 Å². The molecule has 1 N–H and O–H groups in total. The summed E-state index contributed by atoms with van der Waals surface area (Å²) in [5.74, 6) is 1.80. The number of aromatic nitrogens is 2. The van der Waals surface area contributed by atoms with E-state index in [2.05, 4.69) is 17.3 Å². The van der Waals surface area contributed by atoms with Crippen molar-refractivity contribution in [2.75, 3.05) is 5.32 Å². The minimum absolute atomic E-state index is 0.624. The summed E-state index contributed by atoms with van der Waals surface area (Å²) in [6.07, 6.45) is 7.37. The zero-order chi connectivity index (χ0) is 9.97. The third-order valence-electron chi connectivity index (χ3n) is 3.16. The molecule has 14 heavy (non-hydrogen) atoms. The number of aryl methyl sites for hydroxylation is 1. The molecule has 3 nitrogen and oxygen atoms in total. The Morgan fingerprint density at radius 2 is 2.21 bits per heavy atom. The van der Waals surface area contributed by atoms with E-state index in [1.54, 1.807) is 0 Å². The van der Waals surface area contributed by atoms with E-state index in [1.165, 1.54) is 25.7 Å². The highest BCUT2D eigenvalue weighted by Gasteiger charge is 2.21. The first-order valence-electron chi connectivity index (χ1n) is 5.52. The van der Waals surface area contributed by atoms with Crippen LogP contribution >= 0.6 is 0 Å². The lowest BCUT2D eigenvalue weighted by molar-refractivity contribution is 0.349. The molecule has 0 radical (unpaired) electrons. The SMILES string of the molecule is C[C@H]1CCCC[C@@H]1Nc1ccn(C)n1. The largest absolute Gasteiger partial charge is 0.366 e. The molecule has 0 saturated heterocycles. The molecule has 0 aliphatic heterocycles. The van der Waals surface area contributed by atoms with Gasteiger partial charge >= 0.3 is 0 Å². The monoisotopic (exact) mass is 193 g/mol. The number of hydrogen-bond donors (Lipinski definition) is 1. The second-order valence-electron chi connectivity index (χ2n) is 4.39. The number of rotatable bonds is 2. The molecule has 2 atom stereocenters. The normalized spacial score (nSPS) is 27.6. The molecule has 0 bridgehead atoms. The molecule has 1 aliphatic rings. The van der Waals surface area contributed by atoms with Crippen molar-refractivity contribution in [2.24, 2.45) is 13.0 Å². The van der Waals surface area contributed by atoms with E-state index >= 15 is 0 Å². The van der Waals surface area contributed by atoms with Crippen LogP contribution in [0.5, 0.6) is 0 Å². The zero-order valence-corrected chi connectivity index (χ0v) is 9.03. The lowest BCUT2D eigenvalue weighted by Gasteiger charge is -2.29. The summed E-state index contributed by atoms with van der Waals surface area (Å²) in [6.45, 7) is 2.33. The molecule has 78 valence electrons. The number of anilines is 1. The molecule has 1 saturated carbocycles. The van der Waals surface area contributed by atoms with Crippen LogP contribution < -0.4 is 5.32 Å². The van der Waals surface area contributed by atoms with Crippen LogP contribution in [0.25, 0.3) is 0 Å². The molecule has 2 rings (SSSR count). The Morgan fingerprint density at radius 1 is 1.43 bits per heavy atom. The van der Waals surface area contributed by atoms with E-state index in [1.807, 2.05) is 24.0 Å². The molecule has 0 amide bonds. The average Bonchev–Trinajstić information content (AvgIpc) is 2.56. The van der Waals surface area contributed by atoms with Crippen LogP contribution in [-0.2, 0) is 7.05 Å². The van der Waals surface area contributed by atoms with E-state index < -0.39 is 0 Å². The highest BCUT2D eigenvalue weighted by atomic mass is 15.3. The van der Waals surface area contributed by atoms with Gasteiger partial charge in [-0.15, -0.1) is 0 Å². The van der Waals surface area contributed by atoms with Crippen LogP contribution in [0.1, 0.15) is 32.6 Å².